The van der Waals surface area contributed by atoms with E-state index in [1.165, 1.54) is 23.4 Å². The Bertz CT molecular complexity index is 508. The number of rotatable bonds is 2. The molecule has 0 saturated carbocycles. The van der Waals surface area contributed by atoms with Crippen molar-refractivity contribution in [1.82, 2.24) is 20.3 Å². The van der Waals surface area contributed by atoms with Gasteiger partial charge in [-0.2, -0.15) is 0 Å². The van der Waals surface area contributed by atoms with Crippen LogP contribution < -0.4 is 5.32 Å². The molecule has 2 aromatic rings. The van der Waals surface area contributed by atoms with Gasteiger partial charge in [0.25, 0.3) is 0 Å². The van der Waals surface area contributed by atoms with Crippen LogP contribution in [0.25, 0.3) is 10.7 Å². The van der Waals surface area contributed by atoms with Crippen LogP contribution in [0.2, 0.25) is 0 Å². The highest BCUT2D eigenvalue weighted by Crippen LogP contribution is 2.36. The summed E-state index contributed by atoms with van der Waals surface area (Å²) in [6.07, 6.45) is 8.73. The second-order valence-corrected chi connectivity index (χ2v) is 5.24. The number of hydrogen-bond donors (Lipinski definition) is 1. The van der Waals surface area contributed by atoms with Gasteiger partial charge in [0.15, 0.2) is 0 Å². The van der Waals surface area contributed by atoms with E-state index in [0.717, 1.165) is 17.1 Å². The van der Waals surface area contributed by atoms with Gasteiger partial charge in [-0.3, -0.25) is 9.97 Å². The lowest BCUT2D eigenvalue weighted by Crippen LogP contribution is -2.21. The summed E-state index contributed by atoms with van der Waals surface area (Å²) in [7, 11) is 2.00. The van der Waals surface area contributed by atoms with E-state index in [4.69, 9.17) is 4.98 Å². The molecule has 1 N–H and O–H groups in total. The summed E-state index contributed by atoms with van der Waals surface area (Å²) in [5, 5.41) is 4.32. The first kappa shape index (κ1) is 10.8. The number of thiazole rings is 1. The molecule has 1 aliphatic rings. The summed E-state index contributed by atoms with van der Waals surface area (Å²) in [6.45, 7) is 0. The molecule has 2 aromatic heterocycles. The average Bonchev–Trinajstić information content (AvgIpc) is 2.83. The van der Waals surface area contributed by atoms with Crippen molar-refractivity contribution < 1.29 is 0 Å². The summed E-state index contributed by atoms with van der Waals surface area (Å²) in [5.41, 5.74) is 2.09. The predicted molar refractivity (Wildman–Crippen MR) is 67.9 cm³/mol. The molecule has 3 rings (SSSR count). The molecule has 0 radical (unpaired) electrons. The number of aromatic nitrogens is 3. The summed E-state index contributed by atoms with van der Waals surface area (Å²) >= 11 is 1.75. The Hall–Kier alpha value is -1.33. The van der Waals surface area contributed by atoms with Crippen LogP contribution in [0.15, 0.2) is 18.6 Å². The highest BCUT2D eigenvalue weighted by molar-refractivity contribution is 7.15. The quantitative estimate of drug-likeness (QED) is 0.882. The Morgan fingerprint density at radius 2 is 2.35 bits per heavy atom. The van der Waals surface area contributed by atoms with Crippen LogP contribution in [0.1, 0.15) is 29.5 Å². The lowest BCUT2D eigenvalue weighted by Gasteiger charge is -2.19. The van der Waals surface area contributed by atoms with Gasteiger partial charge in [0.2, 0.25) is 0 Å². The summed E-state index contributed by atoms with van der Waals surface area (Å²) in [6, 6.07) is 0.403. The molecule has 0 saturated heterocycles. The maximum Gasteiger partial charge on any atom is 0.144 e. The number of hydrogen-bond acceptors (Lipinski definition) is 5. The van der Waals surface area contributed by atoms with Crippen molar-refractivity contribution in [3.8, 4) is 10.7 Å². The lowest BCUT2D eigenvalue weighted by atomic mass is 9.98. The number of nitrogens with zero attached hydrogens (tertiary/aromatic N) is 3. The fourth-order valence-corrected chi connectivity index (χ4v) is 3.34. The number of fused-ring (bicyclic) bond motifs is 1. The van der Waals surface area contributed by atoms with Crippen molar-refractivity contribution in [2.45, 2.75) is 25.3 Å². The van der Waals surface area contributed by atoms with Gasteiger partial charge >= 0.3 is 0 Å². The molecule has 88 valence electrons. The van der Waals surface area contributed by atoms with Gasteiger partial charge in [-0.25, -0.2) is 4.98 Å². The molecule has 0 bridgehead atoms. The molecular formula is C12H14N4S. The Kier molecular flexibility index (Phi) is 2.86. The van der Waals surface area contributed by atoms with Gasteiger partial charge in [0.1, 0.15) is 10.7 Å². The van der Waals surface area contributed by atoms with Crippen molar-refractivity contribution in [3.05, 3.63) is 29.2 Å². The summed E-state index contributed by atoms with van der Waals surface area (Å²) in [4.78, 5) is 14.5. The minimum absolute atomic E-state index is 0.403. The van der Waals surface area contributed by atoms with E-state index in [0.29, 0.717) is 6.04 Å². The first-order chi connectivity index (χ1) is 8.38. The van der Waals surface area contributed by atoms with E-state index in [9.17, 15) is 0 Å². The van der Waals surface area contributed by atoms with Gasteiger partial charge in [0, 0.05) is 17.3 Å². The van der Waals surface area contributed by atoms with Crippen LogP contribution in [-0.4, -0.2) is 22.0 Å². The van der Waals surface area contributed by atoms with Crippen molar-refractivity contribution in [3.63, 3.8) is 0 Å². The molecule has 0 aliphatic heterocycles. The highest BCUT2D eigenvalue weighted by Gasteiger charge is 2.23. The summed E-state index contributed by atoms with van der Waals surface area (Å²) in [5.74, 6) is 0. The third-order valence-corrected chi connectivity index (χ3v) is 4.24. The van der Waals surface area contributed by atoms with E-state index < -0.39 is 0 Å². The van der Waals surface area contributed by atoms with Gasteiger partial charge in [-0.05, 0) is 26.3 Å². The Balaban J connectivity index is 2.02. The topological polar surface area (TPSA) is 50.7 Å². The molecule has 17 heavy (non-hydrogen) atoms. The van der Waals surface area contributed by atoms with Gasteiger partial charge in [-0.15, -0.1) is 11.3 Å². The monoisotopic (exact) mass is 246 g/mol. The molecule has 2 heterocycles. The van der Waals surface area contributed by atoms with Crippen LogP contribution in [0.5, 0.6) is 0 Å². The molecule has 1 aliphatic carbocycles. The van der Waals surface area contributed by atoms with Crippen LogP contribution in [0, 0.1) is 0 Å². The van der Waals surface area contributed by atoms with Crippen molar-refractivity contribution in [2.24, 2.45) is 0 Å². The van der Waals surface area contributed by atoms with Gasteiger partial charge < -0.3 is 5.32 Å². The molecular weight excluding hydrogens is 232 g/mol. The fourth-order valence-electron chi connectivity index (χ4n) is 2.22. The zero-order valence-electron chi connectivity index (χ0n) is 9.68. The molecule has 5 heteroatoms. The minimum atomic E-state index is 0.403. The summed E-state index contributed by atoms with van der Waals surface area (Å²) < 4.78 is 0. The second-order valence-electron chi connectivity index (χ2n) is 4.15. The zero-order valence-corrected chi connectivity index (χ0v) is 10.5. The van der Waals surface area contributed by atoms with Crippen LogP contribution in [0.3, 0.4) is 0 Å². The lowest BCUT2D eigenvalue weighted by molar-refractivity contribution is 0.490. The van der Waals surface area contributed by atoms with E-state index in [1.807, 2.05) is 7.05 Å². The third-order valence-electron chi connectivity index (χ3n) is 3.09. The predicted octanol–water partition coefficient (Wildman–Crippen LogP) is 2.20. The first-order valence-corrected chi connectivity index (χ1v) is 6.63. The molecule has 0 aromatic carbocycles. The van der Waals surface area contributed by atoms with Crippen LogP contribution in [-0.2, 0) is 6.42 Å². The average molecular weight is 246 g/mol. The van der Waals surface area contributed by atoms with E-state index in [-0.39, 0.29) is 0 Å². The molecule has 0 amide bonds. The standard InChI is InChI=1S/C12H14N4S/c1-13-8-3-2-4-10-11(8)16-12(17-10)9-7-14-5-6-15-9/h5-8,13H,2-4H2,1H3. The van der Waals surface area contributed by atoms with Crippen molar-refractivity contribution in [1.29, 1.82) is 0 Å². The van der Waals surface area contributed by atoms with Crippen molar-refractivity contribution in [2.75, 3.05) is 7.05 Å². The minimum Gasteiger partial charge on any atom is -0.312 e. The Morgan fingerprint density at radius 1 is 1.41 bits per heavy atom. The SMILES string of the molecule is CNC1CCCc2sc(-c3cnccn3)nc21. The van der Waals surface area contributed by atoms with Crippen LogP contribution >= 0.6 is 11.3 Å². The molecule has 0 fully saturated rings. The van der Waals surface area contributed by atoms with Crippen LogP contribution in [0.4, 0.5) is 0 Å². The fraction of sp³-hybridized carbons (Fsp3) is 0.417. The third kappa shape index (κ3) is 1.96. The van der Waals surface area contributed by atoms with Crippen molar-refractivity contribution >= 4 is 11.3 Å². The molecule has 0 spiro atoms. The maximum atomic E-state index is 4.73. The Morgan fingerprint density at radius 3 is 3.12 bits per heavy atom. The molecule has 4 nitrogen and oxygen atoms in total. The Labute approximate surface area is 104 Å². The van der Waals surface area contributed by atoms with E-state index in [2.05, 4.69) is 15.3 Å². The van der Waals surface area contributed by atoms with E-state index in [1.54, 1.807) is 29.9 Å². The largest absolute Gasteiger partial charge is 0.312 e. The normalized spacial score (nSPS) is 19.0. The first-order valence-electron chi connectivity index (χ1n) is 5.81. The van der Waals surface area contributed by atoms with Gasteiger partial charge in [0.05, 0.1) is 17.9 Å². The zero-order chi connectivity index (χ0) is 11.7. The van der Waals surface area contributed by atoms with E-state index >= 15 is 0 Å². The number of aryl methyl sites for hydroxylation is 1. The molecule has 1 unspecified atom stereocenters. The molecule has 1 atom stereocenters. The van der Waals surface area contributed by atoms with Gasteiger partial charge in [-0.1, -0.05) is 0 Å². The highest BCUT2D eigenvalue weighted by atomic mass is 32.1. The smallest absolute Gasteiger partial charge is 0.144 e. The second kappa shape index (κ2) is 4.50. The maximum absolute atomic E-state index is 4.73. The number of nitrogens with one attached hydrogen (secondary N) is 1.